The first-order valence-corrected chi connectivity index (χ1v) is 10.7. The molecular formula is C20H23BrN4O4. The number of hydrogen-bond donors (Lipinski definition) is 0. The zero-order valence-electron chi connectivity index (χ0n) is 16.1. The van der Waals surface area contributed by atoms with Crippen LogP contribution in [0.2, 0.25) is 0 Å². The van der Waals surface area contributed by atoms with E-state index >= 15 is 0 Å². The number of furan rings is 1. The first kappa shape index (κ1) is 19.8. The molecule has 2 saturated heterocycles. The molecule has 2 aromatic rings. The van der Waals surface area contributed by atoms with Gasteiger partial charge in [-0.1, -0.05) is 0 Å². The van der Waals surface area contributed by atoms with Crippen molar-refractivity contribution in [1.82, 2.24) is 4.90 Å². The number of nitrogens with zero attached hydrogens (tertiary/aromatic N) is 4. The van der Waals surface area contributed by atoms with Crippen molar-refractivity contribution in [3.8, 4) is 0 Å². The zero-order chi connectivity index (χ0) is 20.4. The molecule has 2 fully saturated rings. The molecule has 0 N–H and O–H groups in total. The van der Waals surface area contributed by atoms with Crippen LogP contribution in [0.4, 0.5) is 17.1 Å². The summed E-state index contributed by atoms with van der Waals surface area (Å²) in [6, 6.07) is 8.73. The SMILES string of the molecule is O=C(c1ccc(Br)o1)N1CCN(c2ccc([N+](=O)[O-])c(N3CCCCC3)c2)CC1. The van der Waals surface area contributed by atoms with Crippen molar-refractivity contribution in [3.63, 3.8) is 0 Å². The highest BCUT2D eigenvalue weighted by molar-refractivity contribution is 9.10. The Hall–Kier alpha value is -2.55. The summed E-state index contributed by atoms with van der Waals surface area (Å²) in [4.78, 5) is 29.8. The van der Waals surface area contributed by atoms with Crippen LogP contribution in [0.1, 0.15) is 29.8 Å². The number of carbonyl (C=O) groups is 1. The van der Waals surface area contributed by atoms with Crippen molar-refractivity contribution >= 4 is 38.9 Å². The van der Waals surface area contributed by atoms with E-state index in [1.54, 1.807) is 23.1 Å². The third-order valence-corrected chi connectivity index (χ3v) is 5.99. The number of halogens is 1. The highest BCUT2D eigenvalue weighted by atomic mass is 79.9. The molecule has 29 heavy (non-hydrogen) atoms. The number of piperidine rings is 1. The summed E-state index contributed by atoms with van der Waals surface area (Å²) in [6.45, 7) is 4.20. The van der Waals surface area contributed by atoms with Crippen LogP contribution in [-0.2, 0) is 0 Å². The molecule has 1 aromatic carbocycles. The Balaban J connectivity index is 1.48. The van der Waals surface area contributed by atoms with Gasteiger partial charge in [0, 0.05) is 51.0 Å². The molecule has 0 saturated carbocycles. The minimum absolute atomic E-state index is 0.118. The average molecular weight is 463 g/mol. The summed E-state index contributed by atoms with van der Waals surface area (Å²) in [6.07, 6.45) is 3.29. The topological polar surface area (TPSA) is 83.1 Å². The van der Waals surface area contributed by atoms with Gasteiger partial charge in [-0.15, -0.1) is 0 Å². The summed E-state index contributed by atoms with van der Waals surface area (Å²) in [5, 5.41) is 11.5. The summed E-state index contributed by atoms with van der Waals surface area (Å²) in [7, 11) is 0. The van der Waals surface area contributed by atoms with E-state index in [9.17, 15) is 14.9 Å². The van der Waals surface area contributed by atoms with E-state index in [2.05, 4.69) is 25.7 Å². The van der Waals surface area contributed by atoms with Crippen LogP contribution in [0.15, 0.2) is 39.4 Å². The van der Waals surface area contributed by atoms with Crippen LogP contribution >= 0.6 is 15.9 Å². The molecule has 9 heteroatoms. The number of hydrogen-bond acceptors (Lipinski definition) is 6. The van der Waals surface area contributed by atoms with Crippen LogP contribution in [-0.4, -0.2) is 55.0 Å². The van der Waals surface area contributed by atoms with E-state index in [4.69, 9.17) is 4.42 Å². The van der Waals surface area contributed by atoms with Gasteiger partial charge in [0.1, 0.15) is 5.69 Å². The van der Waals surface area contributed by atoms with Gasteiger partial charge in [0.25, 0.3) is 11.6 Å². The summed E-state index contributed by atoms with van der Waals surface area (Å²) in [5.74, 6) is 0.209. The van der Waals surface area contributed by atoms with Crippen molar-refractivity contribution < 1.29 is 14.1 Å². The highest BCUT2D eigenvalue weighted by Crippen LogP contribution is 2.34. The lowest BCUT2D eigenvalue weighted by molar-refractivity contribution is -0.384. The Kier molecular flexibility index (Phi) is 5.75. The first-order valence-electron chi connectivity index (χ1n) is 9.86. The Morgan fingerprint density at radius 3 is 2.31 bits per heavy atom. The Morgan fingerprint density at radius 2 is 1.69 bits per heavy atom. The molecule has 0 atom stereocenters. The van der Waals surface area contributed by atoms with Gasteiger partial charge in [-0.2, -0.15) is 0 Å². The lowest BCUT2D eigenvalue weighted by Crippen LogP contribution is -2.48. The minimum Gasteiger partial charge on any atom is -0.444 e. The van der Waals surface area contributed by atoms with Gasteiger partial charge in [0.2, 0.25) is 0 Å². The van der Waals surface area contributed by atoms with E-state index < -0.39 is 0 Å². The molecule has 0 unspecified atom stereocenters. The molecule has 2 aliphatic rings. The smallest absolute Gasteiger partial charge is 0.292 e. The van der Waals surface area contributed by atoms with Crippen molar-refractivity contribution in [2.24, 2.45) is 0 Å². The van der Waals surface area contributed by atoms with E-state index in [1.165, 1.54) is 6.42 Å². The molecular weight excluding hydrogens is 440 g/mol. The van der Waals surface area contributed by atoms with Gasteiger partial charge in [0.15, 0.2) is 10.4 Å². The van der Waals surface area contributed by atoms with Crippen molar-refractivity contribution in [3.05, 3.63) is 50.9 Å². The average Bonchev–Trinajstić information content (AvgIpc) is 3.20. The quantitative estimate of drug-likeness (QED) is 0.505. The second-order valence-corrected chi connectivity index (χ2v) is 8.14. The second kappa shape index (κ2) is 8.44. The third-order valence-electron chi connectivity index (χ3n) is 5.57. The van der Waals surface area contributed by atoms with E-state index in [1.807, 2.05) is 12.1 Å². The molecule has 1 amide bonds. The van der Waals surface area contributed by atoms with Crippen molar-refractivity contribution in [2.45, 2.75) is 19.3 Å². The maximum Gasteiger partial charge on any atom is 0.292 e. The lowest BCUT2D eigenvalue weighted by Gasteiger charge is -2.36. The summed E-state index contributed by atoms with van der Waals surface area (Å²) < 4.78 is 5.91. The fraction of sp³-hybridized carbons (Fsp3) is 0.450. The van der Waals surface area contributed by atoms with Crippen LogP contribution in [0, 0.1) is 10.1 Å². The molecule has 0 radical (unpaired) electrons. The standard InChI is InChI=1S/C20H23BrN4O4/c21-19-7-6-18(29-19)20(26)24-12-10-22(11-13-24)15-4-5-16(25(27)28)17(14-15)23-8-2-1-3-9-23/h4-7,14H,1-3,8-13H2. The molecule has 4 rings (SSSR count). The molecule has 3 heterocycles. The van der Waals surface area contributed by atoms with Crippen molar-refractivity contribution in [1.29, 1.82) is 0 Å². The Labute approximate surface area is 177 Å². The maximum absolute atomic E-state index is 12.5. The number of amides is 1. The predicted molar refractivity (Wildman–Crippen MR) is 114 cm³/mol. The van der Waals surface area contributed by atoms with Gasteiger partial charge in [-0.05, 0) is 59.5 Å². The third kappa shape index (κ3) is 4.24. The fourth-order valence-corrected chi connectivity index (χ4v) is 4.31. The van der Waals surface area contributed by atoms with Crippen LogP contribution in [0.25, 0.3) is 0 Å². The van der Waals surface area contributed by atoms with Gasteiger partial charge < -0.3 is 19.1 Å². The molecule has 0 bridgehead atoms. The van der Waals surface area contributed by atoms with Crippen LogP contribution < -0.4 is 9.80 Å². The summed E-state index contributed by atoms with van der Waals surface area (Å²) in [5.41, 5.74) is 1.82. The number of carbonyl (C=O) groups excluding carboxylic acids is 1. The molecule has 154 valence electrons. The molecule has 0 spiro atoms. The van der Waals surface area contributed by atoms with Gasteiger partial charge in [0.05, 0.1) is 4.92 Å². The normalized spacial score (nSPS) is 17.5. The number of nitro benzene ring substituents is 1. The number of benzene rings is 1. The van der Waals surface area contributed by atoms with Crippen LogP contribution in [0.5, 0.6) is 0 Å². The van der Waals surface area contributed by atoms with Gasteiger partial charge in [-0.3, -0.25) is 14.9 Å². The van der Waals surface area contributed by atoms with E-state index in [-0.39, 0.29) is 16.5 Å². The molecule has 8 nitrogen and oxygen atoms in total. The second-order valence-electron chi connectivity index (χ2n) is 7.36. The Morgan fingerprint density at radius 1 is 0.966 bits per heavy atom. The molecule has 1 aromatic heterocycles. The first-order chi connectivity index (χ1) is 14.0. The Bertz CT molecular complexity index is 902. The van der Waals surface area contributed by atoms with E-state index in [0.29, 0.717) is 42.3 Å². The number of rotatable bonds is 4. The maximum atomic E-state index is 12.5. The molecule has 0 aliphatic carbocycles. The highest BCUT2D eigenvalue weighted by Gasteiger charge is 2.27. The monoisotopic (exact) mass is 462 g/mol. The minimum atomic E-state index is -0.300. The number of nitro groups is 1. The lowest BCUT2D eigenvalue weighted by atomic mass is 10.1. The molecule has 2 aliphatic heterocycles. The van der Waals surface area contributed by atoms with Gasteiger partial charge >= 0.3 is 0 Å². The predicted octanol–water partition coefficient (Wildman–Crippen LogP) is 3.90. The number of piperazine rings is 1. The van der Waals surface area contributed by atoms with Crippen LogP contribution in [0.3, 0.4) is 0 Å². The number of anilines is 2. The fourth-order valence-electron chi connectivity index (χ4n) is 4.00. The summed E-state index contributed by atoms with van der Waals surface area (Å²) >= 11 is 3.22. The zero-order valence-corrected chi connectivity index (χ0v) is 17.6. The largest absolute Gasteiger partial charge is 0.444 e. The van der Waals surface area contributed by atoms with E-state index in [0.717, 1.165) is 31.6 Å². The van der Waals surface area contributed by atoms with Crippen molar-refractivity contribution in [2.75, 3.05) is 49.1 Å². The van der Waals surface area contributed by atoms with Gasteiger partial charge in [-0.25, -0.2) is 0 Å².